The molecular formula is C14H17BrO2S. The average molecular weight is 329 g/mol. The molecule has 0 heterocycles. The molecule has 0 spiro atoms. The number of halogens is 1. The second-order valence-corrected chi connectivity index (χ2v) is 7.69. The highest BCUT2D eigenvalue weighted by atomic mass is 79.9. The van der Waals surface area contributed by atoms with Gasteiger partial charge in [-0.05, 0) is 31.9 Å². The van der Waals surface area contributed by atoms with Gasteiger partial charge in [0.2, 0.25) is 0 Å². The van der Waals surface area contributed by atoms with E-state index in [1.54, 1.807) is 19.1 Å². The predicted molar refractivity (Wildman–Crippen MR) is 78.3 cm³/mol. The van der Waals surface area contributed by atoms with Gasteiger partial charge >= 0.3 is 0 Å². The maximum atomic E-state index is 12.3. The van der Waals surface area contributed by atoms with Crippen molar-refractivity contribution < 1.29 is 9.00 Å². The van der Waals surface area contributed by atoms with Crippen molar-refractivity contribution >= 4 is 32.5 Å². The van der Waals surface area contributed by atoms with E-state index in [-0.39, 0.29) is 11.0 Å². The highest BCUT2D eigenvalue weighted by Crippen LogP contribution is 2.26. The zero-order valence-corrected chi connectivity index (χ0v) is 12.8. The summed E-state index contributed by atoms with van der Waals surface area (Å²) in [4.78, 5) is 12.2. The molecule has 1 saturated carbocycles. The van der Waals surface area contributed by atoms with E-state index in [0.717, 1.165) is 30.2 Å². The number of carbonyl (C=O) groups excluding carboxylic acids is 1. The smallest absolute Gasteiger partial charge is 0.178 e. The van der Waals surface area contributed by atoms with Crippen molar-refractivity contribution in [3.05, 3.63) is 34.3 Å². The van der Waals surface area contributed by atoms with E-state index in [0.29, 0.717) is 5.56 Å². The van der Waals surface area contributed by atoms with Gasteiger partial charge in [-0.3, -0.25) is 9.00 Å². The average Bonchev–Trinajstić information content (AvgIpc) is 2.91. The molecule has 1 aliphatic carbocycles. The normalized spacial score (nSPS) is 19.7. The molecule has 2 rings (SSSR count). The van der Waals surface area contributed by atoms with Gasteiger partial charge < -0.3 is 0 Å². The first-order valence-electron chi connectivity index (χ1n) is 6.29. The van der Waals surface area contributed by atoms with Crippen molar-refractivity contribution in [3.8, 4) is 0 Å². The van der Waals surface area contributed by atoms with Crippen LogP contribution in [0.25, 0.3) is 0 Å². The minimum atomic E-state index is -1.04. The molecule has 1 fully saturated rings. The molecule has 0 N–H and O–H groups in total. The lowest BCUT2D eigenvalue weighted by Gasteiger charge is -2.15. The van der Waals surface area contributed by atoms with Gasteiger partial charge in [-0.25, -0.2) is 0 Å². The maximum absolute atomic E-state index is 12.3. The molecule has 0 aromatic heterocycles. The van der Waals surface area contributed by atoms with Crippen LogP contribution in [0, 0.1) is 0 Å². The monoisotopic (exact) mass is 328 g/mol. The second-order valence-electron chi connectivity index (χ2n) is 4.75. The lowest BCUT2D eigenvalue weighted by molar-refractivity contribution is 0.0992. The number of hydrogen-bond acceptors (Lipinski definition) is 2. The number of hydrogen-bond donors (Lipinski definition) is 0. The fourth-order valence-electron chi connectivity index (χ4n) is 2.36. The minimum Gasteiger partial charge on any atom is -0.293 e. The van der Waals surface area contributed by atoms with Gasteiger partial charge in [0.25, 0.3) is 0 Å². The van der Waals surface area contributed by atoms with Crippen LogP contribution in [0.1, 0.15) is 43.0 Å². The van der Waals surface area contributed by atoms with Crippen LogP contribution in [-0.4, -0.2) is 20.5 Å². The number of rotatable bonds is 4. The van der Waals surface area contributed by atoms with Crippen LogP contribution in [-0.2, 0) is 10.8 Å². The molecule has 1 aromatic carbocycles. The molecule has 1 aliphatic rings. The van der Waals surface area contributed by atoms with Crippen molar-refractivity contribution in [1.29, 1.82) is 0 Å². The summed E-state index contributed by atoms with van der Waals surface area (Å²) in [6.45, 7) is 1.79. The number of carbonyl (C=O) groups is 1. The molecule has 0 aliphatic heterocycles. The van der Waals surface area contributed by atoms with Crippen LogP contribution in [0.2, 0.25) is 0 Å². The summed E-state index contributed by atoms with van der Waals surface area (Å²) in [7, 11) is -1.04. The van der Waals surface area contributed by atoms with E-state index in [1.165, 1.54) is 0 Å². The largest absolute Gasteiger partial charge is 0.293 e. The molecule has 2 unspecified atom stereocenters. The minimum absolute atomic E-state index is 0.00673. The van der Waals surface area contributed by atoms with E-state index in [1.807, 2.05) is 12.1 Å². The van der Waals surface area contributed by atoms with E-state index >= 15 is 0 Å². The molecule has 1 aromatic rings. The Kier molecular flexibility index (Phi) is 4.73. The van der Waals surface area contributed by atoms with Crippen molar-refractivity contribution in [1.82, 2.24) is 0 Å². The van der Waals surface area contributed by atoms with Crippen molar-refractivity contribution in [2.45, 2.75) is 43.1 Å². The highest BCUT2D eigenvalue weighted by Gasteiger charge is 2.29. The van der Waals surface area contributed by atoms with Crippen molar-refractivity contribution in [3.63, 3.8) is 0 Å². The Hall–Kier alpha value is -0.480. The summed E-state index contributed by atoms with van der Waals surface area (Å²) in [6.07, 6.45) is 4.31. The molecule has 4 heteroatoms. The lowest BCUT2D eigenvalue weighted by atomic mass is 10.1. The zero-order chi connectivity index (χ0) is 13.1. The third kappa shape index (κ3) is 3.09. The molecule has 98 valence electrons. The van der Waals surface area contributed by atoms with E-state index in [2.05, 4.69) is 15.9 Å². The molecule has 2 atom stereocenters. The summed E-state index contributed by atoms with van der Waals surface area (Å²) < 4.78 is 13.3. The third-order valence-electron chi connectivity index (χ3n) is 3.48. The van der Waals surface area contributed by atoms with E-state index in [9.17, 15) is 9.00 Å². The van der Waals surface area contributed by atoms with Crippen LogP contribution in [0.5, 0.6) is 0 Å². The van der Waals surface area contributed by atoms with E-state index < -0.39 is 16.0 Å². The summed E-state index contributed by atoms with van der Waals surface area (Å²) in [5.74, 6) is -0.00673. The molecule has 2 nitrogen and oxygen atoms in total. The Balaban J connectivity index is 2.08. The predicted octanol–water partition coefficient (Wildman–Crippen LogP) is 3.71. The van der Waals surface area contributed by atoms with Gasteiger partial charge in [0.05, 0.1) is 5.25 Å². The van der Waals surface area contributed by atoms with Crippen LogP contribution in [0.15, 0.2) is 28.7 Å². The van der Waals surface area contributed by atoms with Gasteiger partial charge in [0.1, 0.15) is 0 Å². The summed E-state index contributed by atoms with van der Waals surface area (Å²) >= 11 is 3.34. The van der Waals surface area contributed by atoms with Crippen molar-refractivity contribution in [2.24, 2.45) is 0 Å². The molecule has 18 heavy (non-hydrogen) atoms. The lowest BCUT2D eigenvalue weighted by Crippen LogP contribution is -2.29. The fraction of sp³-hybridized carbons (Fsp3) is 0.500. The molecule has 0 bridgehead atoms. The summed E-state index contributed by atoms with van der Waals surface area (Å²) in [6, 6.07) is 7.26. The van der Waals surface area contributed by atoms with Gasteiger partial charge in [-0.1, -0.05) is 40.9 Å². The second kappa shape index (κ2) is 6.11. The van der Waals surface area contributed by atoms with Crippen LogP contribution in [0.4, 0.5) is 0 Å². The summed E-state index contributed by atoms with van der Waals surface area (Å²) in [5.41, 5.74) is 0.650. The fourth-order valence-corrected chi connectivity index (χ4v) is 4.35. The third-order valence-corrected chi connectivity index (χ3v) is 6.05. The van der Waals surface area contributed by atoms with Crippen LogP contribution >= 0.6 is 15.9 Å². The van der Waals surface area contributed by atoms with Gasteiger partial charge in [-0.2, -0.15) is 0 Å². The quantitative estimate of drug-likeness (QED) is 0.789. The Morgan fingerprint density at radius 3 is 2.39 bits per heavy atom. The number of benzene rings is 1. The van der Waals surface area contributed by atoms with Crippen molar-refractivity contribution in [2.75, 3.05) is 0 Å². The molecule has 0 saturated heterocycles. The zero-order valence-electron chi connectivity index (χ0n) is 10.4. The Bertz CT molecular complexity index is 449. The van der Waals surface area contributed by atoms with E-state index in [4.69, 9.17) is 0 Å². The molecular weight excluding hydrogens is 312 g/mol. The first-order chi connectivity index (χ1) is 8.59. The van der Waals surface area contributed by atoms with Crippen LogP contribution < -0.4 is 0 Å². The molecule has 0 amide bonds. The van der Waals surface area contributed by atoms with Crippen LogP contribution in [0.3, 0.4) is 0 Å². The Labute approximate surface area is 119 Å². The Morgan fingerprint density at radius 2 is 1.83 bits per heavy atom. The highest BCUT2D eigenvalue weighted by molar-refractivity contribution is 9.10. The van der Waals surface area contributed by atoms with Gasteiger partial charge in [0, 0.05) is 26.1 Å². The number of ketones is 1. The van der Waals surface area contributed by atoms with Gasteiger partial charge in [-0.15, -0.1) is 0 Å². The Morgan fingerprint density at radius 1 is 1.28 bits per heavy atom. The topological polar surface area (TPSA) is 34.1 Å². The first-order valence-corrected chi connectivity index (χ1v) is 8.35. The molecule has 0 radical (unpaired) electrons. The van der Waals surface area contributed by atoms with Gasteiger partial charge in [0.15, 0.2) is 5.78 Å². The standard InChI is InChI=1S/C14H17BrO2S/c1-10(18(17)13-4-2-3-5-13)14(16)11-6-8-12(15)9-7-11/h6-10,13H,2-5H2,1H3. The maximum Gasteiger partial charge on any atom is 0.178 e. The SMILES string of the molecule is CC(C(=O)c1ccc(Br)cc1)S(=O)C1CCCC1. The summed E-state index contributed by atoms with van der Waals surface area (Å²) in [5, 5.41) is -0.173. The first kappa shape index (κ1) is 13.9. The number of Topliss-reactive ketones (excluding diaryl/α,β-unsaturated/α-hetero) is 1.